The molecular formula is C19H22ClN3O2. The van der Waals surface area contributed by atoms with Crippen LogP contribution in [0.1, 0.15) is 47.6 Å². The minimum atomic E-state index is -0.141. The highest BCUT2D eigenvalue weighted by Gasteiger charge is 2.27. The average molecular weight is 360 g/mol. The maximum absolute atomic E-state index is 12.1. The van der Waals surface area contributed by atoms with E-state index in [0.717, 1.165) is 42.4 Å². The van der Waals surface area contributed by atoms with Crippen LogP contribution in [0.2, 0.25) is 5.02 Å². The lowest BCUT2D eigenvalue weighted by atomic mass is 10.2. The third-order valence-electron chi connectivity index (χ3n) is 4.62. The molecule has 2 fully saturated rings. The number of rotatable bonds is 8. The van der Waals surface area contributed by atoms with Crippen molar-refractivity contribution in [3.63, 3.8) is 0 Å². The predicted molar refractivity (Wildman–Crippen MR) is 95.3 cm³/mol. The zero-order valence-electron chi connectivity index (χ0n) is 14.1. The molecule has 0 radical (unpaired) electrons. The van der Waals surface area contributed by atoms with E-state index in [9.17, 15) is 4.79 Å². The minimum absolute atomic E-state index is 0.141. The van der Waals surface area contributed by atoms with E-state index in [4.69, 9.17) is 16.0 Å². The minimum Gasteiger partial charge on any atom is -0.447 e. The van der Waals surface area contributed by atoms with E-state index in [1.165, 1.54) is 19.1 Å². The van der Waals surface area contributed by atoms with Gasteiger partial charge in [-0.05, 0) is 43.2 Å². The molecule has 1 aromatic heterocycles. The van der Waals surface area contributed by atoms with Gasteiger partial charge in [-0.1, -0.05) is 29.8 Å². The van der Waals surface area contributed by atoms with Crippen molar-refractivity contribution in [2.24, 2.45) is 5.92 Å². The number of nitrogens with zero attached hydrogens (tertiary/aromatic N) is 2. The van der Waals surface area contributed by atoms with E-state index in [1.807, 2.05) is 24.3 Å². The lowest BCUT2D eigenvalue weighted by molar-refractivity contribution is 0.0946. The second-order valence-corrected chi connectivity index (χ2v) is 7.49. The molecule has 0 aliphatic heterocycles. The first kappa shape index (κ1) is 16.6. The van der Waals surface area contributed by atoms with Crippen molar-refractivity contribution in [3.05, 3.63) is 52.7 Å². The van der Waals surface area contributed by atoms with Crippen LogP contribution in [-0.2, 0) is 13.1 Å². The molecule has 2 aliphatic carbocycles. The summed E-state index contributed by atoms with van der Waals surface area (Å²) in [5.74, 6) is 1.18. The molecular weight excluding hydrogens is 338 g/mol. The van der Waals surface area contributed by atoms with Crippen molar-refractivity contribution >= 4 is 17.5 Å². The maximum Gasteiger partial charge on any atom is 0.273 e. The Labute approximate surface area is 152 Å². The average Bonchev–Trinajstić information content (AvgIpc) is 3.51. The van der Waals surface area contributed by atoms with Gasteiger partial charge in [0.2, 0.25) is 5.89 Å². The molecule has 0 unspecified atom stereocenters. The zero-order valence-corrected chi connectivity index (χ0v) is 14.8. The van der Waals surface area contributed by atoms with Crippen molar-refractivity contribution in [2.45, 2.75) is 44.8 Å². The molecule has 2 saturated carbocycles. The second-order valence-electron chi connectivity index (χ2n) is 7.08. The largest absolute Gasteiger partial charge is 0.447 e. The number of halogens is 1. The van der Waals surface area contributed by atoms with E-state index in [0.29, 0.717) is 24.2 Å². The Morgan fingerprint density at radius 1 is 1.24 bits per heavy atom. The third kappa shape index (κ3) is 4.61. The topological polar surface area (TPSA) is 58.4 Å². The van der Waals surface area contributed by atoms with Gasteiger partial charge in [0.1, 0.15) is 6.26 Å². The summed E-state index contributed by atoms with van der Waals surface area (Å²) in [7, 11) is 0. The van der Waals surface area contributed by atoms with Gasteiger partial charge in [0, 0.05) is 24.2 Å². The summed E-state index contributed by atoms with van der Waals surface area (Å²) >= 11 is 6.30. The normalized spacial score (nSPS) is 17.0. The SMILES string of the molecule is O=C(NC1CC1)c1coc(CN(Cc2ccccc2Cl)CC2CC2)n1. The standard InChI is InChI=1S/C19H22ClN3O2/c20-16-4-2-1-3-14(16)10-23(9-13-5-6-13)11-18-22-17(12-25-18)19(24)21-15-7-8-15/h1-4,12-13,15H,5-11H2,(H,21,24). The summed E-state index contributed by atoms with van der Waals surface area (Å²) in [6.45, 7) is 2.33. The van der Waals surface area contributed by atoms with Gasteiger partial charge in [-0.25, -0.2) is 4.98 Å². The lowest BCUT2D eigenvalue weighted by Gasteiger charge is -2.21. The second kappa shape index (κ2) is 7.18. The first-order valence-corrected chi connectivity index (χ1v) is 9.26. The Kier molecular flexibility index (Phi) is 4.77. The molecule has 1 aromatic carbocycles. The van der Waals surface area contributed by atoms with E-state index in [-0.39, 0.29) is 5.91 Å². The molecule has 0 atom stereocenters. The Bertz CT molecular complexity index is 753. The summed E-state index contributed by atoms with van der Waals surface area (Å²) in [4.78, 5) is 18.7. The van der Waals surface area contributed by atoms with Crippen molar-refractivity contribution in [1.29, 1.82) is 0 Å². The van der Waals surface area contributed by atoms with E-state index in [2.05, 4.69) is 15.2 Å². The quantitative estimate of drug-likeness (QED) is 0.781. The fourth-order valence-corrected chi connectivity index (χ4v) is 3.08. The molecule has 2 aromatic rings. The van der Waals surface area contributed by atoms with Crippen LogP contribution in [0, 0.1) is 5.92 Å². The smallest absolute Gasteiger partial charge is 0.273 e. The van der Waals surface area contributed by atoms with Gasteiger partial charge in [-0.15, -0.1) is 0 Å². The number of amides is 1. The molecule has 1 amide bonds. The number of carbonyl (C=O) groups excluding carboxylic acids is 1. The number of oxazole rings is 1. The Morgan fingerprint density at radius 2 is 2.04 bits per heavy atom. The van der Waals surface area contributed by atoms with Crippen LogP contribution in [0.4, 0.5) is 0 Å². The molecule has 0 saturated heterocycles. The summed E-state index contributed by atoms with van der Waals surface area (Å²) in [5.41, 5.74) is 1.47. The fourth-order valence-electron chi connectivity index (χ4n) is 2.88. The van der Waals surface area contributed by atoms with Crippen molar-refractivity contribution in [2.75, 3.05) is 6.54 Å². The van der Waals surface area contributed by atoms with Gasteiger partial charge in [-0.3, -0.25) is 9.69 Å². The van der Waals surface area contributed by atoms with Crippen LogP contribution in [-0.4, -0.2) is 28.4 Å². The van der Waals surface area contributed by atoms with Crippen LogP contribution in [0.15, 0.2) is 34.9 Å². The van der Waals surface area contributed by atoms with Crippen LogP contribution >= 0.6 is 11.6 Å². The first-order chi connectivity index (χ1) is 12.2. The molecule has 5 nitrogen and oxygen atoms in total. The van der Waals surface area contributed by atoms with Gasteiger partial charge < -0.3 is 9.73 Å². The zero-order chi connectivity index (χ0) is 17.2. The predicted octanol–water partition coefficient (Wildman–Crippen LogP) is 3.63. The highest BCUT2D eigenvalue weighted by Crippen LogP contribution is 2.31. The van der Waals surface area contributed by atoms with Gasteiger partial charge in [0.25, 0.3) is 5.91 Å². The number of carbonyl (C=O) groups is 1. The van der Waals surface area contributed by atoms with Crippen LogP contribution in [0.25, 0.3) is 0 Å². The monoisotopic (exact) mass is 359 g/mol. The number of aromatic nitrogens is 1. The summed E-state index contributed by atoms with van der Waals surface area (Å²) < 4.78 is 5.54. The molecule has 132 valence electrons. The molecule has 6 heteroatoms. The van der Waals surface area contributed by atoms with Gasteiger partial charge in [0.15, 0.2) is 5.69 Å². The Balaban J connectivity index is 1.42. The number of hydrogen-bond donors (Lipinski definition) is 1. The number of benzene rings is 1. The van der Waals surface area contributed by atoms with E-state index < -0.39 is 0 Å². The number of nitrogens with one attached hydrogen (secondary N) is 1. The molecule has 2 aliphatic rings. The highest BCUT2D eigenvalue weighted by molar-refractivity contribution is 6.31. The van der Waals surface area contributed by atoms with Gasteiger partial charge in [-0.2, -0.15) is 0 Å². The van der Waals surface area contributed by atoms with Gasteiger partial charge in [0.05, 0.1) is 6.54 Å². The highest BCUT2D eigenvalue weighted by atomic mass is 35.5. The first-order valence-electron chi connectivity index (χ1n) is 8.88. The molecule has 1 heterocycles. The van der Waals surface area contributed by atoms with Crippen molar-refractivity contribution in [3.8, 4) is 0 Å². The summed E-state index contributed by atoms with van der Waals surface area (Å²) in [6.07, 6.45) is 6.13. The number of hydrogen-bond acceptors (Lipinski definition) is 4. The van der Waals surface area contributed by atoms with Crippen LogP contribution in [0.5, 0.6) is 0 Å². The van der Waals surface area contributed by atoms with E-state index in [1.54, 1.807) is 0 Å². The summed E-state index contributed by atoms with van der Waals surface area (Å²) in [6, 6.07) is 8.22. The Hall–Kier alpha value is -1.85. The van der Waals surface area contributed by atoms with Crippen molar-refractivity contribution < 1.29 is 9.21 Å². The lowest BCUT2D eigenvalue weighted by Crippen LogP contribution is -2.27. The molecule has 4 rings (SSSR count). The van der Waals surface area contributed by atoms with Crippen LogP contribution in [0.3, 0.4) is 0 Å². The van der Waals surface area contributed by atoms with E-state index >= 15 is 0 Å². The molecule has 25 heavy (non-hydrogen) atoms. The van der Waals surface area contributed by atoms with Crippen LogP contribution < -0.4 is 5.32 Å². The Morgan fingerprint density at radius 3 is 2.76 bits per heavy atom. The van der Waals surface area contributed by atoms with Crippen molar-refractivity contribution in [1.82, 2.24) is 15.2 Å². The summed E-state index contributed by atoms with van der Waals surface area (Å²) in [5, 5.41) is 3.71. The molecule has 1 N–H and O–H groups in total. The van der Waals surface area contributed by atoms with Gasteiger partial charge >= 0.3 is 0 Å². The fraction of sp³-hybridized carbons (Fsp3) is 0.474. The maximum atomic E-state index is 12.1. The molecule has 0 spiro atoms. The third-order valence-corrected chi connectivity index (χ3v) is 4.99. The molecule has 0 bridgehead atoms.